The molecule has 14 heteroatoms. The second kappa shape index (κ2) is 17.6. The Morgan fingerprint density at radius 1 is 1.02 bits per heavy atom. The predicted octanol–water partition coefficient (Wildman–Crippen LogP) is 7.21. The van der Waals surface area contributed by atoms with Crippen molar-refractivity contribution in [2.75, 3.05) is 37.2 Å². The fraction of sp³-hybridized carbons (Fsp3) is 0.270. The normalized spacial score (nSPS) is 13.0. The maximum atomic E-state index is 13.0. The molecule has 0 saturated carbocycles. The van der Waals surface area contributed by atoms with Crippen LogP contribution in [-0.4, -0.2) is 60.8 Å². The number of likely N-dealkylation sites (tertiary alicyclic amines) is 1. The lowest BCUT2D eigenvalue weighted by molar-refractivity contribution is 0.0953. The minimum Gasteiger partial charge on any atom is -0.489 e. The zero-order valence-electron chi connectivity index (χ0n) is 28.1. The highest BCUT2D eigenvalue weighted by Gasteiger charge is 2.18. The number of nitrogens with two attached hydrogens (primary N) is 1. The number of carbonyl (C=O) groups is 2. The molecule has 5 aromatic rings. The van der Waals surface area contributed by atoms with Crippen LogP contribution in [0.25, 0.3) is 10.1 Å². The zero-order chi connectivity index (χ0) is 36.4. The van der Waals surface area contributed by atoms with Gasteiger partial charge in [0.25, 0.3) is 21.9 Å². The first-order valence-electron chi connectivity index (χ1n) is 16.5. The number of unbranched alkanes of at least 4 members (excludes halogenated alkanes) is 1. The van der Waals surface area contributed by atoms with E-state index >= 15 is 0 Å². The monoisotopic (exact) mass is 749 g/mol. The highest BCUT2D eigenvalue weighted by atomic mass is 35.5. The molecular formula is C37H40ClN5O6S2. The Morgan fingerprint density at radius 3 is 2.45 bits per heavy atom. The minimum absolute atomic E-state index is 0.0666. The van der Waals surface area contributed by atoms with E-state index in [1.807, 2.05) is 24.4 Å². The Kier molecular flexibility index (Phi) is 13.0. The number of benzene rings is 3. The summed E-state index contributed by atoms with van der Waals surface area (Å²) in [6, 6.07) is 19.8. The van der Waals surface area contributed by atoms with Gasteiger partial charge >= 0.3 is 0 Å². The van der Waals surface area contributed by atoms with Crippen LogP contribution in [0.2, 0.25) is 5.02 Å². The molecule has 1 aliphatic heterocycles. The van der Waals surface area contributed by atoms with E-state index in [2.05, 4.69) is 20.5 Å². The standard InChI is InChI=1S/C30H32ClN5O3S.C7H8O3S/c31-22-10-8-20(9-11-22)29(37)35-23-6-5-7-24(16-23)39-18-21-19-40-27-25(17-34-28(32)26(21)27)30(38)33-12-1-2-13-36-14-3-4-15-36;1-6-2-4-7(5-3-6)11(8,9)10/h5-11,16-17,19H,1-4,12-15,18H2,(H2,32,34)(H,33,38)(H,35,37);2-5H,1H3,(H,8,9,10). The maximum Gasteiger partial charge on any atom is 0.294 e. The molecule has 6 rings (SSSR count). The molecule has 3 heterocycles. The van der Waals surface area contributed by atoms with Gasteiger partial charge in [0.1, 0.15) is 18.2 Å². The lowest BCUT2D eigenvalue weighted by atomic mass is 10.1. The number of nitrogen functional groups attached to an aromatic ring is 1. The Bertz CT molecular complexity index is 2070. The zero-order valence-corrected chi connectivity index (χ0v) is 30.5. The van der Waals surface area contributed by atoms with Gasteiger partial charge in [-0.2, -0.15) is 8.42 Å². The van der Waals surface area contributed by atoms with Crippen LogP contribution in [0.1, 0.15) is 57.5 Å². The van der Waals surface area contributed by atoms with E-state index in [-0.39, 0.29) is 23.3 Å². The van der Waals surface area contributed by atoms with Crippen molar-refractivity contribution in [3.63, 3.8) is 0 Å². The van der Waals surface area contributed by atoms with E-state index in [1.54, 1.807) is 54.7 Å². The van der Waals surface area contributed by atoms with Crippen molar-refractivity contribution >= 4 is 66.5 Å². The molecule has 0 unspecified atom stereocenters. The summed E-state index contributed by atoms with van der Waals surface area (Å²) in [5.74, 6) is 0.564. The number of nitrogens with one attached hydrogen (secondary N) is 2. The minimum atomic E-state index is -4.02. The number of amides is 2. The first-order valence-corrected chi connectivity index (χ1v) is 19.2. The molecule has 11 nitrogen and oxygen atoms in total. The molecule has 2 aromatic heterocycles. The molecule has 0 atom stereocenters. The van der Waals surface area contributed by atoms with Gasteiger partial charge < -0.3 is 26.0 Å². The Labute approximate surface area is 306 Å². The molecule has 5 N–H and O–H groups in total. The van der Waals surface area contributed by atoms with E-state index < -0.39 is 10.1 Å². The third kappa shape index (κ3) is 10.7. The summed E-state index contributed by atoms with van der Waals surface area (Å²) < 4.78 is 36.4. The quantitative estimate of drug-likeness (QED) is 0.0762. The smallest absolute Gasteiger partial charge is 0.294 e. The summed E-state index contributed by atoms with van der Waals surface area (Å²) in [5, 5.41) is 9.16. The van der Waals surface area contributed by atoms with Crippen LogP contribution in [-0.2, 0) is 16.7 Å². The number of pyridine rings is 1. The fourth-order valence-electron chi connectivity index (χ4n) is 5.50. The molecular weight excluding hydrogens is 710 g/mol. The topological polar surface area (TPSA) is 164 Å². The number of aromatic nitrogens is 1. The van der Waals surface area contributed by atoms with Gasteiger partial charge in [-0.1, -0.05) is 35.4 Å². The van der Waals surface area contributed by atoms with Gasteiger partial charge in [0.2, 0.25) is 0 Å². The number of aryl methyl sites for hydroxylation is 1. The van der Waals surface area contributed by atoms with Crippen LogP contribution in [0.3, 0.4) is 0 Å². The van der Waals surface area contributed by atoms with E-state index in [4.69, 9.17) is 26.6 Å². The van der Waals surface area contributed by atoms with Gasteiger partial charge in [0.05, 0.1) is 15.2 Å². The SMILES string of the molecule is Cc1ccc(S(=O)(=O)O)cc1.Nc1ncc(C(=O)NCCCCN2CCCC2)c2scc(COc3cccc(NC(=O)c4ccc(Cl)cc4)c3)c12. The van der Waals surface area contributed by atoms with Crippen molar-refractivity contribution in [3.05, 3.63) is 112 Å². The third-order valence-corrected chi connectivity index (χ3v) is 10.4. The van der Waals surface area contributed by atoms with Crippen molar-refractivity contribution in [2.45, 2.75) is 44.1 Å². The molecule has 0 radical (unpaired) electrons. The fourth-order valence-corrected chi connectivity index (χ4v) is 7.18. The molecule has 268 valence electrons. The third-order valence-electron chi connectivity index (χ3n) is 8.24. The van der Waals surface area contributed by atoms with Gasteiger partial charge in [-0.25, -0.2) is 4.98 Å². The lowest BCUT2D eigenvalue weighted by Gasteiger charge is -2.14. The highest BCUT2D eigenvalue weighted by molar-refractivity contribution is 7.85. The second-order valence-corrected chi connectivity index (χ2v) is 14.8. The number of anilines is 2. The van der Waals surface area contributed by atoms with Gasteiger partial charge in [-0.15, -0.1) is 11.3 Å². The first kappa shape index (κ1) is 37.7. The van der Waals surface area contributed by atoms with E-state index in [9.17, 15) is 18.0 Å². The maximum absolute atomic E-state index is 13.0. The Balaban J connectivity index is 0.000000392. The molecule has 0 aliphatic carbocycles. The molecule has 3 aromatic carbocycles. The van der Waals surface area contributed by atoms with Crippen LogP contribution in [0, 0.1) is 6.92 Å². The number of nitrogens with zero attached hydrogens (tertiary/aromatic N) is 2. The van der Waals surface area contributed by atoms with Gasteiger partial charge in [0, 0.05) is 46.0 Å². The molecule has 51 heavy (non-hydrogen) atoms. The van der Waals surface area contributed by atoms with Crippen molar-refractivity contribution < 1.29 is 27.3 Å². The number of hydrogen-bond acceptors (Lipinski definition) is 9. The molecule has 0 bridgehead atoms. The van der Waals surface area contributed by atoms with Gasteiger partial charge in [0.15, 0.2) is 0 Å². The van der Waals surface area contributed by atoms with E-state index in [0.717, 1.165) is 40.6 Å². The van der Waals surface area contributed by atoms with Crippen molar-refractivity contribution in [1.82, 2.24) is 15.2 Å². The summed E-state index contributed by atoms with van der Waals surface area (Å²) in [6.07, 6.45) is 6.14. The number of fused-ring (bicyclic) bond motifs is 1. The summed E-state index contributed by atoms with van der Waals surface area (Å²) in [5.41, 5.74) is 9.66. The molecule has 1 aliphatic rings. The van der Waals surface area contributed by atoms with Gasteiger partial charge in [-0.3, -0.25) is 14.1 Å². The number of halogens is 1. The predicted molar refractivity (Wildman–Crippen MR) is 202 cm³/mol. The second-order valence-electron chi connectivity index (χ2n) is 12.1. The molecule has 1 saturated heterocycles. The largest absolute Gasteiger partial charge is 0.489 e. The number of hydrogen-bond donors (Lipinski definition) is 4. The number of ether oxygens (including phenoxy) is 1. The summed E-state index contributed by atoms with van der Waals surface area (Å²) in [7, 11) is -4.02. The van der Waals surface area contributed by atoms with Crippen molar-refractivity contribution in [3.8, 4) is 5.75 Å². The van der Waals surface area contributed by atoms with Crippen molar-refractivity contribution in [1.29, 1.82) is 0 Å². The average molecular weight is 750 g/mol. The lowest BCUT2D eigenvalue weighted by Crippen LogP contribution is -2.26. The van der Waals surface area contributed by atoms with Crippen LogP contribution >= 0.6 is 22.9 Å². The number of carbonyl (C=O) groups excluding carboxylic acids is 2. The average Bonchev–Trinajstić information content (AvgIpc) is 3.79. The van der Waals surface area contributed by atoms with Crippen molar-refractivity contribution in [2.24, 2.45) is 0 Å². The number of thiophene rings is 1. The first-order chi connectivity index (χ1) is 24.5. The Morgan fingerprint density at radius 2 is 1.75 bits per heavy atom. The summed E-state index contributed by atoms with van der Waals surface area (Å²) >= 11 is 7.37. The highest BCUT2D eigenvalue weighted by Crippen LogP contribution is 2.33. The Hall–Kier alpha value is -4.53. The van der Waals surface area contributed by atoms with Gasteiger partial charge in [-0.05, 0) is 106 Å². The summed E-state index contributed by atoms with van der Waals surface area (Å²) in [4.78, 5) is 32.2. The molecule has 2 amide bonds. The number of rotatable bonds is 12. The van der Waals surface area contributed by atoms with Crippen LogP contribution in [0.4, 0.5) is 11.5 Å². The van der Waals surface area contributed by atoms with Crippen LogP contribution in [0.5, 0.6) is 5.75 Å². The van der Waals surface area contributed by atoms with E-state index in [0.29, 0.717) is 39.9 Å². The molecule has 0 spiro atoms. The van der Waals surface area contributed by atoms with Crippen LogP contribution < -0.4 is 21.1 Å². The molecule has 1 fully saturated rings. The van der Waals surface area contributed by atoms with E-state index in [1.165, 1.54) is 49.4 Å². The van der Waals surface area contributed by atoms with Crippen LogP contribution in [0.15, 0.2) is 89.3 Å². The summed E-state index contributed by atoms with van der Waals surface area (Å²) in [6.45, 7) is 6.19.